The van der Waals surface area contributed by atoms with Crippen LogP contribution in [0.4, 0.5) is 0 Å². The number of amides is 1. The average molecular weight is 199 g/mol. The Morgan fingerprint density at radius 3 is 2.14 bits per heavy atom. The Morgan fingerprint density at radius 2 is 1.86 bits per heavy atom. The fourth-order valence-corrected chi connectivity index (χ4v) is 1.21. The number of aliphatic carboxylic acids is 1. The van der Waals surface area contributed by atoms with Crippen LogP contribution in [0, 0.1) is 0 Å². The number of carboxylic acid groups (broad SMARTS) is 1. The fraction of sp³-hybridized carbons (Fsp3) is 0.600. The van der Waals surface area contributed by atoms with Crippen molar-refractivity contribution in [3.8, 4) is 0 Å². The van der Waals surface area contributed by atoms with E-state index in [0.29, 0.717) is 12.8 Å². The van der Waals surface area contributed by atoms with Crippen molar-refractivity contribution in [2.75, 3.05) is 0 Å². The number of rotatable bonds is 5. The molecular formula is C10H17NO3. The molecule has 0 aromatic heterocycles. The largest absolute Gasteiger partial charge is 0.480 e. The van der Waals surface area contributed by atoms with Gasteiger partial charge in [0.2, 0.25) is 5.91 Å². The van der Waals surface area contributed by atoms with Crippen molar-refractivity contribution in [3.63, 3.8) is 0 Å². The molecule has 0 saturated carbocycles. The molecule has 0 spiro atoms. The van der Waals surface area contributed by atoms with E-state index in [2.05, 4.69) is 5.32 Å². The third-order valence-electron chi connectivity index (χ3n) is 2.30. The predicted molar refractivity (Wildman–Crippen MR) is 53.9 cm³/mol. The topological polar surface area (TPSA) is 66.4 Å². The maximum Gasteiger partial charge on any atom is 0.329 e. The van der Waals surface area contributed by atoms with Gasteiger partial charge in [0.25, 0.3) is 0 Å². The lowest BCUT2D eigenvalue weighted by molar-refractivity contribution is -0.147. The van der Waals surface area contributed by atoms with Crippen LogP contribution in [-0.2, 0) is 9.59 Å². The number of allylic oxidation sites excluding steroid dienone is 1. The number of hydrogen-bond acceptors (Lipinski definition) is 2. The highest BCUT2D eigenvalue weighted by Crippen LogP contribution is 2.15. The van der Waals surface area contributed by atoms with Crippen molar-refractivity contribution < 1.29 is 14.7 Å². The molecule has 0 aliphatic carbocycles. The van der Waals surface area contributed by atoms with E-state index in [1.165, 1.54) is 6.08 Å². The molecule has 0 heterocycles. The SMILES string of the molecule is CC=CC(=O)NC(CC)(CC)C(=O)O. The summed E-state index contributed by atoms with van der Waals surface area (Å²) in [4.78, 5) is 22.2. The second-order valence-electron chi connectivity index (χ2n) is 3.08. The molecule has 0 aliphatic rings. The van der Waals surface area contributed by atoms with Gasteiger partial charge in [0.15, 0.2) is 0 Å². The molecule has 4 nitrogen and oxygen atoms in total. The van der Waals surface area contributed by atoms with Crippen molar-refractivity contribution in [1.82, 2.24) is 5.32 Å². The van der Waals surface area contributed by atoms with E-state index in [9.17, 15) is 9.59 Å². The van der Waals surface area contributed by atoms with Crippen LogP contribution in [0.15, 0.2) is 12.2 Å². The molecule has 14 heavy (non-hydrogen) atoms. The monoisotopic (exact) mass is 199 g/mol. The molecule has 0 atom stereocenters. The third-order valence-corrected chi connectivity index (χ3v) is 2.30. The van der Waals surface area contributed by atoms with E-state index in [1.807, 2.05) is 0 Å². The summed E-state index contributed by atoms with van der Waals surface area (Å²) in [5, 5.41) is 11.5. The van der Waals surface area contributed by atoms with E-state index >= 15 is 0 Å². The Bertz CT molecular complexity index is 242. The second kappa shape index (κ2) is 5.42. The summed E-state index contributed by atoms with van der Waals surface area (Å²) in [5.41, 5.74) is -1.13. The summed E-state index contributed by atoms with van der Waals surface area (Å²) in [5.74, 6) is -1.35. The van der Waals surface area contributed by atoms with Crippen LogP contribution < -0.4 is 5.32 Å². The van der Waals surface area contributed by atoms with Crippen LogP contribution in [-0.4, -0.2) is 22.5 Å². The first-order chi connectivity index (χ1) is 6.52. The van der Waals surface area contributed by atoms with Gasteiger partial charge in [-0.1, -0.05) is 19.9 Å². The zero-order chi connectivity index (χ0) is 11.2. The molecule has 0 bridgehead atoms. The predicted octanol–water partition coefficient (Wildman–Crippen LogP) is 1.32. The van der Waals surface area contributed by atoms with Gasteiger partial charge in [0.1, 0.15) is 5.54 Å². The van der Waals surface area contributed by atoms with Crippen molar-refractivity contribution >= 4 is 11.9 Å². The molecule has 4 heteroatoms. The molecule has 0 aromatic rings. The Balaban J connectivity index is 4.67. The highest BCUT2D eigenvalue weighted by Gasteiger charge is 2.35. The smallest absolute Gasteiger partial charge is 0.329 e. The van der Waals surface area contributed by atoms with Crippen LogP contribution in [0.25, 0.3) is 0 Å². The summed E-state index contributed by atoms with van der Waals surface area (Å²) in [6, 6.07) is 0. The standard InChI is InChI=1S/C10H17NO3/c1-4-7-8(12)11-10(5-2,6-3)9(13)14/h4,7H,5-6H2,1-3H3,(H,11,12)(H,13,14). The average Bonchev–Trinajstić information content (AvgIpc) is 2.14. The van der Waals surface area contributed by atoms with Crippen LogP contribution in [0.1, 0.15) is 33.6 Å². The van der Waals surface area contributed by atoms with E-state index < -0.39 is 11.5 Å². The Labute approximate surface area is 84.0 Å². The molecule has 0 fully saturated rings. The lowest BCUT2D eigenvalue weighted by Gasteiger charge is -2.27. The minimum atomic E-state index is -1.13. The number of carbonyl (C=O) groups is 2. The van der Waals surface area contributed by atoms with E-state index in [4.69, 9.17) is 5.11 Å². The van der Waals surface area contributed by atoms with Gasteiger partial charge in [-0.05, 0) is 25.8 Å². The van der Waals surface area contributed by atoms with Gasteiger partial charge in [0, 0.05) is 0 Å². The highest BCUT2D eigenvalue weighted by molar-refractivity contribution is 5.92. The second-order valence-corrected chi connectivity index (χ2v) is 3.08. The van der Waals surface area contributed by atoms with Crippen LogP contribution in [0.5, 0.6) is 0 Å². The summed E-state index contributed by atoms with van der Waals surface area (Å²) in [6.45, 7) is 5.20. The molecule has 80 valence electrons. The Hall–Kier alpha value is -1.32. The lowest BCUT2D eigenvalue weighted by Crippen LogP contribution is -2.53. The van der Waals surface area contributed by atoms with Gasteiger partial charge in [-0.2, -0.15) is 0 Å². The summed E-state index contributed by atoms with van der Waals surface area (Å²) in [7, 11) is 0. The van der Waals surface area contributed by atoms with E-state index in [0.717, 1.165) is 0 Å². The van der Waals surface area contributed by atoms with E-state index in [-0.39, 0.29) is 5.91 Å². The molecule has 2 N–H and O–H groups in total. The van der Waals surface area contributed by atoms with Gasteiger partial charge in [-0.15, -0.1) is 0 Å². The summed E-state index contributed by atoms with van der Waals surface area (Å²) >= 11 is 0. The Morgan fingerprint density at radius 1 is 1.36 bits per heavy atom. The molecule has 0 unspecified atom stereocenters. The van der Waals surface area contributed by atoms with Crippen LogP contribution >= 0.6 is 0 Å². The summed E-state index contributed by atoms with van der Waals surface area (Å²) in [6.07, 6.45) is 3.65. The maximum atomic E-state index is 11.2. The first kappa shape index (κ1) is 12.7. The van der Waals surface area contributed by atoms with Crippen LogP contribution in [0.3, 0.4) is 0 Å². The molecule has 0 rings (SSSR count). The van der Waals surface area contributed by atoms with Crippen molar-refractivity contribution in [1.29, 1.82) is 0 Å². The maximum absolute atomic E-state index is 11.2. The molecule has 0 radical (unpaired) electrons. The quantitative estimate of drug-likeness (QED) is 0.656. The Kier molecular flexibility index (Phi) is 4.91. The van der Waals surface area contributed by atoms with Gasteiger partial charge in [0.05, 0.1) is 0 Å². The zero-order valence-electron chi connectivity index (χ0n) is 8.83. The minimum absolute atomic E-state index is 0.362. The van der Waals surface area contributed by atoms with Gasteiger partial charge < -0.3 is 10.4 Å². The fourth-order valence-electron chi connectivity index (χ4n) is 1.21. The normalized spacial score (nSPS) is 11.6. The number of nitrogens with one attached hydrogen (secondary N) is 1. The van der Waals surface area contributed by atoms with E-state index in [1.54, 1.807) is 26.8 Å². The van der Waals surface area contributed by atoms with Crippen molar-refractivity contribution in [3.05, 3.63) is 12.2 Å². The van der Waals surface area contributed by atoms with Crippen molar-refractivity contribution in [2.45, 2.75) is 39.2 Å². The zero-order valence-corrected chi connectivity index (χ0v) is 8.83. The molecular weight excluding hydrogens is 182 g/mol. The van der Waals surface area contributed by atoms with Gasteiger partial charge in [-0.3, -0.25) is 4.79 Å². The molecule has 1 amide bonds. The lowest BCUT2D eigenvalue weighted by atomic mass is 9.93. The summed E-state index contributed by atoms with van der Waals surface area (Å²) < 4.78 is 0. The highest BCUT2D eigenvalue weighted by atomic mass is 16.4. The molecule has 0 saturated heterocycles. The number of carboxylic acids is 1. The van der Waals surface area contributed by atoms with Crippen LogP contribution in [0.2, 0.25) is 0 Å². The molecule has 0 aromatic carbocycles. The number of hydrogen-bond donors (Lipinski definition) is 2. The first-order valence-electron chi connectivity index (χ1n) is 4.70. The number of carbonyl (C=O) groups excluding carboxylic acids is 1. The van der Waals surface area contributed by atoms with Gasteiger partial charge in [-0.25, -0.2) is 4.79 Å². The van der Waals surface area contributed by atoms with Gasteiger partial charge >= 0.3 is 5.97 Å². The third kappa shape index (κ3) is 2.87. The molecule has 0 aliphatic heterocycles. The first-order valence-corrected chi connectivity index (χ1v) is 4.70. The minimum Gasteiger partial charge on any atom is -0.480 e. The van der Waals surface area contributed by atoms with Crippen molar-refractivity contribution in [2.24, 2.45) is 0 Å².